The van der Waals surface area contributed by atoms with Gasteiger partial charge in [0, 0.05) is 23.8 Å². The summed E-state index contributed by atoms with van der Waals surface area (Å²) in [5.41, 5.74) is 0.688. The van der Waals surface area contributed by atoms with E-state index in [4.69, 9.17) is 18.9 Å². The van der Waals surface area contributed by atoms with Crippen molar-refractivity contribution in [1.29, 1.82) is 0 Å². The van der Waals surface area contributed by atoms with Crippen molar-refractivity contribution < 1.29 is 49.3 Å². The first kappa shape index (κ1) is 22.6. The highest BCUT2D eigenvalue weighted by molar-refractivity contribution is 6.05. The molecule has 0 aromatic heterocycles. The number of carbonyl (C=O) groups excluding carboxylic acids is 1. The third-order valence-corrected chi connectivity index (χ3v) is 5.95. The minimum Gasteiger partial charge on any atom is -0.508 e. The minimum atomic E-state index is -1.62. The van der Waals surface area contributed by atoms with Crippen LogP contribution in [0.25, 0.3) is 0 Å². The Kier molecular flexibility index (Phi) is 5.54. The smallest absolute Gasteiger partial charge is 0.202 e. The van der Waals surface area contributed by atoms with Gasteiger partial charge in [-0.1, -0.05) is 6.07 Å². The Labute approximate surface area is 199 Å². The normalized spacial score (nSPS) is 22.8. The first-order valence-electron chi connectivity index (χ1n) is 10.7. The summed E-state index contributed by atoms with van der Waals surface area (Å²) >= 11 is 0. The molecular formula is C25H22O10. The van der Waals surface area contributed by atoms with Crippen LogP contribution < -0.4 is 18.9 Å². The second-order valence-corrected chi connectivity index (χ2v) is 8.23. The highest BCUT2D eigenvalue weighted by Gasteiger charge is 2.40. The molecule has 0 unspecified atom stereocenters. The number of methoxy groups -OCH3 is 1. The summed E-state index contributed by atoms with van der Waals surface area (Å²) in [5.74, 6) is -0.663. The number of phenols is 3. The van der Waals surface area contributed by atoms with Gasteiger partial charge in [-0.25, -0.2) is 0 Å². The summed E-state index contributed by atoms with van der Waals surface area (Å²) in [6.07, 6.45) is -4.36. The van der Waals surface area contributed by atoms with Gasteiger partial charge in [0.15, 0.2) is 35.9 Å². The van der Waals surface area contributed by atoms with Gasteiger partial charge in [-0.05, 0) is 29.8 Å². The number of phenolic OH excluding ortho intramolecular Hbond substituents is 3. The number of rotatable bonds is 4. The number of fused-ring (bicyclic) bond motifs is 2. The number of benzene rings is 3. The van der Waals surface area contributed by atoms with Gasteiger partial charge >= 0.3 is 0 Å². The number of Topliss-reactive ketones (excluding diaryl/α,β-unsaturated/α-hetero) is 1. The molecule has 0 amide bonds. The predicted molar refractivity (Wildman–Crippen MR) is 119 cm³/mol. The van der Waals surface area contributed by atoms with Gasteiger partial charge < -0.3 is 44.5 Å². The first-order chi connectivity index (χ1) is 16.8. The quantitative estimate of drug-likeness (QED) is 0.374. The van der Waals surface area contributed by atoms with Crippen LogP contribution in [0.4, 0.5) is 0 Å². The molecule has 0 aliphatic carbocycles. The molecule has 5 rings (SSSR count). The van der Waals surface area contributed by atoms with Gasteiger partial charge in [0.2, 0.25) is 5.78 Å². The predicted octanol–water partition coefficient (Wildman–Crippen LogP) is 2.36. The molecule has 0 saturated carbocycles. The number of aromatic hydroxyl groups is 3. The molecule has 0 spiro atoms. The van der Waals surface area contributed by atoms with Crippen molar-refractivity contribution in [3.8, 4) is 40.2 Å². The topological polar surface area (TPSA) is 155 Å². The van der Waals surface area contributed by atoms with Crippen LogP contribution in [0.15, 0.2) is 48.5 Å². The molecule has 2 aliphatic heterocycles. The molecule has 0 fully saturated rings. The fourth-order valence-corrected chi connectivity index (χ4v) is 4.30. The van der Waals surface area contributed by atoms with E-state index < -0.39 is 42.6 Å². The third-order valence-electron chi connectivity index (χ3n) is 5.95. The van der Waals surface area contributed by atoms with E-state index in [-0.39, 0.29) is 28.6 Å². The molecule has 2 aliphatic rings. The van der Waals surface area contributed by atoms with Gasteiger partial charge in [0.1, 0.15) is 34.3 Å². The molecule has 10 heteroatoms. The molecule has 10 nitrogen and oxygen atoms in total. The van der Waals surface area contributed by atoms with E-state index in [1.54, 1.807) is 18.2 Å². The lowest BCUT2D eigenvalue weighted by atomic mass is 9.92. The molecule has 35 heavy (non-hydrogen) atoms. The van der Waals surface area contributed by atoms with Crippen molar-refractivity contribution in [2.45, 2.75) is 24.4 Å². The van der Waals surface area contributed by atoms with Gasteiger partial charge in [-0.3, -0.25) is 4.79 Å². The maximum atomic E-state index is 12.7. The highest BCUT2D eigenvalue weighted by atomic mass is 16.6. The summed E-state index contributed by atoms with van der Waals surface area (Å²) in [7, 11) is 1.46. The van der Waals surface area contributed by atoms with Crippen molar-refractivity contribution in [3.05, 3.63) is 65.2 Å². The Bertz CT molecular complexity index is 1300. The zero-order chi connectivity index (χ0) is 24.9. The van der Waals surface area contributed by atoms with Gasteiger partial charge in [0.05, 0.1) is 13.7 Å². The fourth-order valence-electron chi connectivity index (χ4n) is 4.30. The van der Waals surface area contributed by atoms with E-state index in [9.17, 15) is 30.3 Å². The number of aliphatic hydroxyl groups is 2. The molecule has 0 radical (unpaired) electrons. The summed E-state index contributed by atoms with van der Waals surface area (Å²) < 4.78 is 23.0. The van der Waals surface area contributed by atoms with Crippen LogP contribution in [0.5, 0.6) is 40.2 Å². The Morgan fingerprint density at radius 3 is 2.31 bits per heavy atom. The molecule has 3 aromatic carbocycles. The second-order valence-electron chi connectivity index (χ2n) is 8.23. The maximum absolute atomic E-state index is 12.7. The molecule has 4 atom stereocenters. The van der Waals surface area contributed by atoms with Crippen molar-refractivity contribution in [1.82, 2.24) is 0 Å². The number of hydrogen-bond donors (Lipinski definition) is 5. The van der Waals surface area contributed by atoms with Crippen LogP contribution in [0.3, 0.4) is 0 Å². The summed E-state index contributed by atoms with van der Waals surface area (Å²) in [6, 6.07) is 11.4. The standard InChI is InChI=1S/C25H22O10/c1-32-15-5-12(4-13(27)7-15)24-20(10-26)33-18-6-11(2-3-17(18)34-24)25-23(31)22(30)21-16(29)8-14(28)9-19(21)35-25/h2-9,20,23-29,31H,10H2,1H3/t20-,23+,24-,25-/m1/s1. The number of carbonyl (C=O) groups is 1. The molecule has 182 valence electrons. The lowest BCUT2D eigenvalue weighted by Crippen LogP contribution is -2.37. The lowest BCUT2D eigenvalue weighted by molar-refractivity contribution is -0.0131. The molecule has 0 bridgehead atoms. The Balaban J connectivity index is 1.47. The van der Waals surface area contributed by atoms with Crippen molar-refractivity contribution in [2.75, 3.05) is 13.7 Å². The maximum Gasteiger partial charge on any atom is 0.202 e. The van der Waals surface area contributed by atoms with E-state index in [1.807, 2.05) is 0 Å². The van der Waals surface area contributed by atoms with Crippen LogP contribution in [0.1, 0.15) is 33.7 Å². The number of ether oxygens (including phenoxy) is 4. The van der Waals surface area contributed by atoms with E-state index in [0.717, 1.165) is 6.07 Å². The van der Waals surface area contributed by atoms with E-state index >= 15 is 0 Å². The van der Waals surface area contributed by atoms with Gasteiger partial charge in [0.25, 0.3) is 0 Å². The monoisotopic (exact) mass is 482 g/mol. The lowest BCUT2D eigenvalue weighted by Gasteiger charge is -2.35. The highest BCUT2D eigenvalue weighted by Crippen LogP contribution is 2.45. The van der Waals surface area contributed by atoms with E-state index in [1.165, 1.54) is 31.4 Å². The first-order valence-corrected chi connectivity index (χ1v) is 10.7. The van der Waals surface area contributed by atoms with E-state index in [2.05, 4.69) is 0 Å². The zero-order valence-corrected chi connectivity index (χ0v) is 18.4. The van der Waals surface area contributed by atoms with Crippen molar-refractivity contribution >= 4 is 5.78 Å². The van der Waals surface area contributed by atoms with Crippen LogP contribution in [0.2, 0.25) is 0 Å². The Morgan fingerprint density at radius 1 is 0.829 bits per heavy atom. The Hall–Kier alpha value is -4.15. The van der Waals surface area contributed by atoms with Crippen LogP contribution in [-0.2, 0) is 0 Å². The average Bonchev–Trinajstić information content (AvgIpc) is 2.84. The van der Waals surface area contributed by atoms with Crippen molar-refractivity contribution in [2.24, 2.45) is 0 Å². The van der Waals surface area contributed by atoms with E-state index in [0.29, 0.717) is 22.6 Å². The van der Waals surface area contributed by atoms with Crippen LogP contribution >= 0.6 is 0 Å². The van der Waals surface area contributed by atoms with Crippen LogP contribution in [-0.4, -0.2) is 57.2 Å². The summed E-state index contributed by atoms with van der Waals surface area (Å²) in [6.45, 7) is -0.403. The fraction of sp³-hybridized carbons (Fsp3) is 0.240. The molecule has 3 aromatic rings. The minimum absolute atomic E-state index is 0.0359. The number of ketones is 1. The molecule has 2 heterocycles. The van der Waals surface area contributed by atoms with Gasteiger partial charge in [-0.2, -0.15) is 0 Å². The molecule has 5 N–H and O–H groups in total. The zero-order valence-electron chi connectivity index (χ0n) is 18.4. The number of aliphatic hydroxyl groups excluding tert-OH is 2. The molecular weight excluding hydrogens is 460 g/mol. The van der Waals surface area contributed by atoms with Crippen molar-refractivity contribution in [3.63, 3.8) is 0 Å². The average molecular weight is 482 g/mol. The second kappa shape index (κ2) is 8.57. The van der Waals surface area contributed by atoms with Crippen LogP contribution in [0, 0.1) is 0 Å². The largest absolute Gasteiger partial charge is 0.508 e. The third kappa shape index (κ3) is 3.92. The molecule has 0 saturated heterocycles. The SMILES string of the molecule is COc1cc(O)cc([C@H]2Oc3ccc([C@H]4Oc5cc(O)cc(O)c5C(=O)[C@@H]4O)cc3O[C@@H]2CO)c1. The Morgan fingerprint density at radius 2 is 1.57 bits per heavy atom. The summed E-state index contributed by atoms with van der Waals surface area (Å²) in [5, 5.41) is 50.3. The van der Waals surface area contributed by atoms with Gasteiger partial charge in [-0.15, -0.1) is 0 Å². The number of hydrogen-bond acceptors (Lipinski definition) is 10. The summed E-state index contributed by atoms with van der Waals surface area (Å²) in [4.78, 5) is 12.7.